The molecular formula is C22H21N3O5S2. The lowest BCUT2D eigenvalue weighted by Crippen LogP contribution is -2.35. The molecular weight excluding hydrogens is 450 g/mol. The van der Waals surface area contributed by atoms with Crippen molar-refractivity contribution in [3.8, 4) is 0 Å². The Hall–Kier alpha value is -3.24. The number of hydrogen-bond donors (Lipinski definition) is 1. The van der Waals surface area contributed by atoms with Crippen molar-refractivity contribution in [1.82, 2.24) is 4.98 Å². The van der Waals surface area contributed by atoms with Crippen LogP contribution in [0.25, 0.3) is 0 Å². The lowest BCUT2D eigenvalue weighted by atomic mass is 10.0. The Kier molecular flexibility index (Phi) is 5.98. The van der Waals surface area contributed by atoms with E-state index in [-0.39, 0.29) is 15.6 Å². The van der Waals surface area contributed by atoms with Crippen LogP contribution in [-0.4, -0.2) is 38.9 Å². The molecule has 4 rings (SSSR count). The summed E-state index contributed by atoms with van der Waals surface area (Å²) in [4.78, 5) is 28.9. The van der Waals surface area contributed by atoms with Crippen molar-refractivity contribution in [2.45, 2.75) is 24.7 Å². The van der Waals surface area contributed by atoms with Gasteiger partial charge in [0.25, 0.3) is 15.9 Å². The molecule has 0 fully saturated rings. The number of amides is 1. The first kappa shape index (κ1) is 22.0. The van der Waals surface area contributed by atoms with Crippen molar-refractivity contribution in [1.29, 1.82) is 0 Å². The predicted molar refractivity (Wildman–Crippen MR) is 122 cm³/mol. The van der Waals surface area contributed by atoms with Crippen molar-refractivity contribution in [3.05, 3.63) is 70.2 Å². The van der Waals surface area contributed by atoms with E-state index in [9.17, 15) is 18.0 Å². The van der Waals surface area contributed by atoms with Crippen LogP contribution in [0.1, 0.15) is 37.7 Å². The average Bonchev–Trinajstić information content (AvgIpc) is 3.17. The van der Waals surface area contributed by atoms with Crippen molar-refractivity contribution >= 4 is 44.1 Å². The maximum Gasteiger partial charge on any atom is 0.350 e. The number of ether oxygens (including phenoxy) is 1. The van der Waals surface area contributed by atoms with Gasteiger partial charge in [-0.25, -0.2) is 18.2 Å². The lowest BCUT2D eigenvalue weighted by molar-refractivity contribution is 0.0605. The number of sulfonamides is 1. The Bertz CT molecular complexity index is 1280. The number of anilines is 2. The third-order valence-corrected chi connectivity index (χ3v) is 8.04. The summed E-state index contributed by atoms with van der Waals surface area (Å²) in [5.41, 5.74) is 2.43. The minimum Gasteiger partial charge on any atom is -0.465 e. The quantitative estimate of drug-likeness (QED) is 0.570. The summed E-state index contributed by atoms with van der Waals surface area (Å²) in [5.74, 6) is -0.975. The summed E-state index contributed by atoms with van der Waals surface area (Å²) >= 11 is 1.01. The highest BCUT2D eigenvalue weighted by Gasteiger charge is 2.29. The SMILES string of the molecule is COC(=O)c1sc(NC(=O)c2ccc(S(=O)(=O)N3CCCc4ccccc43)cc2)nc1C. The zero-order chi connectivity index (χ0) is 22.9. The van der Waals surface area contributed by atoms with E-state index in [0.717, 1.165) is 29.7 Å². The van der Waals surface area contributed by atoms with Crippen LogP contribution in [0, 0.1) is 6.92 Å². The summed E-state index contributed by atoms with van der Waals surface area (Å²) in [5, 5.41) is 2.89. The highest BCUT2D eigenvalue weighted by Crippen LogP contribution is 2.32. The highest BCUT2D eigenvalue weighted by molar-refractivity contribution is 7.92. The van der Waals surface area contributed by atoms with Gasteiger partial charge < -0.3 is 4.74 Å². The van der Waals surface area contributed by atoms with Crippen molar-refractivity contribution in [2.75, 3.05) is 23.3 Å². The number of esters is 1. The zero-order valence-corrected chi connectivity index (χ0v) is 19.1. The van der Waals surface area contributed by atoms with E-state index in [2.05, 4.69) is 10.3 Å². The number of carbonyl (C=O) groups is 2. The number of hydrogen-bond acceptors (Lipinski definition) is 7. The van der Waals surface area contributed by atoms with E-state index in [0.29, 0.717) is 22.8 Å². The molecule has 3 aromatic rings. The average molecular weight is 472 g/mol. The summed E-state index contributed by atoms with van der Waals surface area (Å²) in [6.07, 6.45) is 1.59. The number of aromatic nitrogens is 1. The molecule has 2 heterocycles. The molecule has 0 atom stereocenters. The number of benzene rings is 2. The molecule has 0 spiro atoms. The van der Waals surface area contributed by atoms with Gasteiger partial charge in [-0.1, -0.05) is 29.5 Å². The molecule has 0 saturated heterocycles. The molecule has 1 aliphatic heterocycles. The first-order valence-electron chi connectivity index (χ1n) is 9.89. The fourth-order valence-corrected chi connectivity index (χ4v) is 5.98. The van der Waals surface area contributed by atoms with Crippen LogP contribution < -0.4 is 9.62 Å². The van der Waals surface area contributed by atoms with Crippen LogP contribution in [0.5, 0.6) is 0 Å². The number of thiazole rings is 1. The second-order valence-electron chi connectivity index (χ2n) is 7.21. The monoisotopic (exact) mass is 471 g/mol. The fraction of sp³-hybridized carbons (Fsp3) is 0.227. The summed E-state index contributed by atoms with van der Waals surface area (Å²) in [6.45, 7) is 2.06. The number of rotatable bonds is 5. The van der Waals surface area contributed by atoms with Crippen molar-refractivity contribution < 1.29 is 22.7 Å². The Labute approximate surface area is 189 Å². The van der Waals surface area contributed by atoms with Gasteiger partial charge in [0, 0.05) is 12.1 Å². The number of nitrogens with zero attached hydrogens (tertiary/aromatic N) is 2. The van der Waals surface area contributed by atoms with E-state index >= 15 is 0 Å². The predicted octanol–water partition coefficient (Wildman–Crippen LogP) is 3.63. The molecule has 0 saturated carbocycles. The van der Waals surface area contributed by atoms with Gasteiger partial charge in [0.15, 0.2) is 5.13 Å². The highest BCUT2D eigenvalue weighted by atomic mass is 32.2. The Morgan fingerprint density at radius 2 is 1.84 bits per heavy atom. The number of methoxy groups -OCH3 is 1. The molecule has 32 heavy (non-hydrogen) atoms. The Morgan fingerprint density at radius 1 is 1.12 bits per heavy atom. The summed E-state index contributed by atoms with van der Waals surface area (Å²) < 4.78 is 32.6. The standard InChI is InChI=1S/C22H21N3O5S2/c1-14-19(21(27)30-2)31-22(23-14)24-20(26)16-9-11-17(12-10-16)32(28,29)25-13-5-7-15-6-3-4-8-18(15)25/h3-4,6,8-12H,5,7,13H2,1-2H3,(H,23,24,26). The van der Waals surface area contributed by atoms with Gasteiger partial charge in [0.05, 0.1) is 23.4 Å². The molecule has 0 radical (unpaired) electrons. The van der Waals surface area contributed by atoms with Gasteiger partial charge in [-0.05, 0) is 55.7 Å². The normalized spacial score (nSPS) is 13.4. The molecule has 8 nitrogen and oxygen atoms in total. The Balaban J connectivity index is 1.53. The van der Waals surface area contributed by atoms with Gasteiger partial charge in [-0.15, -0.1) is 0 Å². The molecule has 0 aliphatic carbocycles. The van der Waals surface area contributed by atoms with E-state index in [1.807, 2.05) is 24.3 Å². The summed E-state index contributed by atoms with van der Waals surface area (Å²) in [7, 11) is -2.48. The second-order valence-corrected chi connectivity index (χ2v) is 10.1. The van der Waals surface area contributed by atoms with Crippen LogP contribution in [-0.2, 0) is 21.2 Å². The number of aryl methyl sites for hydroxylation is 2. The minimum atomic E-state index is -3.75. The Morgan fingerprint density at radius 3 is 2.56 bits per heavy atom. The van der Waals surface area contributed by atoms with Gasteiger partial charge in [-0.3, -0.25) is 14.4 Å². The van der Waals surface area contributed by atoms with Gasteiger partial charge in [0.2, 0.25) is 0 Å². The van der Waals surface area contributed by atoms with Crippen LogP contribution in [0.4, 0.5) is 10.8 Å². The largest absolute Gasteiger partial charge is 0.465 e. The summed E-state index contributed by atoms with van der Waals surface area (Å²) in [6, 6.07) is 13.2. The van der Waals surface area contributed by atoms with E-state index in [4.69, 9.17) is 4.74 Å². The maximum atomic E-state index is 13.2. The van der Waals surface area contributed by atoms with Crippen molar-refractivity contribution in [3.63, 3.8) is 0 Å². The smallest absolute Gasteiger partial charge is 0.350 e. The van der Waals surface area contributed by atoms with E-state index < -0.39 is 21.9 Å². The van der Waals surface area contributed by atoms with Crippen LogP contribution >= 0.6 is 11.3 Å². The van der Waals surface area contributed by atoms with E-state index in [1.165, 1.54) is 35.7 Å². The molecule has 2 aromatic carbocycles. The maximum absolute atomic E-state index is 13.2. The molecule has 1 N–H and O–H groups in total. The number of para-hydroxylation sites is 1. The molecule has 1 amide bonds. The number of nitrogens with one attached hydrogen (secondary N) is 1. The van der Waals surface area contributed by atoms with Gasteiger partial charge >= 0.3 is 5.97 Å². The number of fused-ring (bicyclic) bond motifs is 1. The van der Waals surface area contributed by atoms with Crippen molar-refractivity contribution in [2.24, 2.45) is 0 Å². The topological polar surface area (TPSA) is 106 Å². The second kappa shape index (κ2) is 8.71. The number of carbonyl (C=O) groups excluding carboxylic acids is 2. The van der Waals surface area contributed by atoms with Gasteiger partial charge in [0.1, 0.15) is 4.88 Å². The first-order valence-corrected chi connectivity index (χ1v) is 12.1. The molecule has 10 heteroatoms. The molecule has 1 aliphatic rings. The molecule has 0 unspecified atom stereocenters. The first-order chi connectivity index (χ1) is 15.3. The van der Waals surface area contributed by atoms with E-state index in [1.54, 1.807) is 6.92 Å². The fourth-order valence-electron chi connectivity index (χ4n) is 3.56. The molecule has 1 aromatic heterocycles. The van der Waals surface area contributed by atoms with Crippen LogP contribution in [0.2, 0.25) is 0 Å². The third kappa shape index (κ3) is 4.11. The lowest BCUT2D eigenvalue weighted by Gasteiger charge is -2.30. The zero-order valence-electron chi connectivity index (χ0n) is 17.5. The van der Waals surface area contributed by atoms with Crippen LogP contribution in [0.3, 0.4) is 0 Å². The molecule has 0 bridgehead atoms. The van der Waals surface area contributed by atoms with Gasteiger partial charge in [-0.2, -0.15) is 0 Å². The third-order valence-electron chi connectivity index (χ3n) is 5.16. The van der Waals surface area contributed by atoms with Crippen LogP contribution in [0.15, 0.2) is 53.4 Å². The minimum absolute atomic E-state index is 0.115. The molecule has 166 valence electrons.